The van der Waals surface area contributed by atoms with Gasteiger partial charge in [-0.3, -0.25) is 20.2 Å². The van der Waals surface area contributed by atoms with Crippen LogP contribution in [-0.2, 0) is 4.74 Å². The number of carbonyl (C=O) groups is 2. The summed E-state index contributed by atoms with van der Waals surface area (Å²) < 4.78 is 4.67. The summed E-state index contributed by atoms with van der Waals surface area (Å²) in [6.45, 7) is 0. The van der Waals surface area contributed by atoms with Crippen LogP contribution in [0.4, 0.5) is 11.4 Å². The number of methoxy groups -OCH3 is 1. The third-order valence-corrected chi connectivity index (χ3v) is 3.36. The number of nitro benzene ring substituents is 1. The zero-order valence-corrected chi connectivity index (χ0v) is 13.8. The molecule has 2 aromatic carbocycles. The Labute approximate surface area is 147 Å². The number of para-hydroxylation sites is 2. The third kappa shape index (κ3) is 4.36. The molecule has 1 amide bonds. The maximum Gasteiger partial charge on any atom is 0.339 e. The van der Waals surface area contributed by atoms with Crippen LogP contribution < -0.4 is 10.6 Å². The first-order valence-corrected chi connectivity index (χ1v) is 7.38. The molecule has 9 heteroatoms. The number of nitro groups is 1. The minimum atomic E-state index is -0.736. The Balaban J connectivity index is 2.15. The number of rotatable bonds is 4. The summed E-state index contributed by atoms with van der Waals surface area (Å²) in [5, 5.41) is 15.9. The Bertz CT molecular complexity index is 853. The van der Waals surface area contributed by atoms with Gasteiger partial charge in [-0.2, -0.15) is 0 Å². The molecule has 0 fully saturated rings. The lowest BCUT2D eigenvalue weighted by Crippen LogP contribution is -2.34. The summed E-state index contributed by atoms with van der Waals surface area (Å²) in [5.74, 6) is -1.31. The molecule has 2 N–H and O–H groups in total. The summed E-state index contributed by atoms with van der Waals surface area (Å²) in [4.78, 5) is 34.2. The molecule has 0 bridgehead atoms. The van der Waals surface area contributed by atoms with E-state index in [-0.39, 0.29) is 21.9 Å². The molecule has 0 saturated heterocycles. The van der Waals surface area contributed by atoms with Crippen molar-refractivity contribution in [2.75, 3.05) is 12.4 Å². The maximum absolute atomic E-state index is 12.2. The largest absolute Gasteiger partial charge is 0.465 e. The Morgan fingerprint density at radius 1 is 1.08 bits per heavy atom. The highest BCUT2D eigenvalue weighted by atomic mass is 32.1. The van der Waals surface area contributed by atoms with E-state index in [4.69, 9.17) is 12.2 Å². The number of nitrogens with zero attached hydrogens (tertiary/aromatic N) is 1. The fourth-order valence-electron chi connectivity index (χ4n) is 2.03. The van der Waals surface area contributed by atoms with Crippen LogP contribution in [-0.4, -0.2) is 29.0 Å². The first-order valence-electron chi connectivity index (χ1n) is 6.97. The van der Waals surface area contributed by atoms with Crippen molar-refractivity contribution in [2.24, 2.45) is 0 Å². The lowest BCUT2D eigenvalue weighted by molar-refractivity contribution is -0.385. The van der Waals surface area contributed by atoms with Crippen LogP contribution in [0.2, 0.25) is 0 Å². The second-order valence-corrected chi connectivity index (χ2v) is 5.13. The average Bonchev–Trinajstić information content (AvgIpc) is 2.61. The number of hydrogen-bond acceptors (Lipinski definition) is 6. The van der Waals surface area contributed by atoms with Gasteiger partial charge in [0.05, 0.1) is 23.3 Å². The highest BCUT2D eigenvalue weighted by Crippen LogP contribution is 2.18. The van der Waals surface area contributed by atoms with Gasteiger partial charge in [-0.05, 0) is 30.4 Å². The molecule has 0 unspecified atom stereocenters. The molecule has 0 aromatic heterocycles. The van der Waals surface area contributed by atoms with Gasteiger partial charge >= 0.3 is 5.97 Å². The van der Waals surface area contributed by atoms with E-state index in [1.807, 2.05) is 0 Å². The minimum Gasteiger partial charge on any atom is -0.465 e. The van der Waals surface area contributed by atoms with Crippen LogP contribution in [0.3, 0.4) is 0 Å². The molecule has 0 radical (unpaired) electrons. The molecule has 0 heterocycles. The zero-order chi connectivity index (χ0) is 18.4. The Morgan fingerprint density at radius 2 is 1.68 bits per heavy atom. The van der Waals surface area contributed by atoms with Crippen molar-refractivity contribution in [1.82, 2.24) is 5.32 Å². The van der Waals surface area contributed by atoms with Gasteiger partial charge in [0.1, 0.15) is 5.56 Å². The third-order valence-electron chi connectivity index (χ3n) is 3.15. The van der Waals surface area contributed by atoms with Gasteiger partial charge in [0, 0.05) is 6.07 Å². The van der Waals surface area contributed by atoms with E-state index >= 15 is 0 Å². The van der Waals surface area contributed by atoms with Crippen LogP contribution >= 0.6 is 12.2 Å². The SMILES string of the molecule is COC(=O)c1ccccc1NC(=S)NC(=O)c1ccccc1[N+](=O)[O-]. The quantitative estimate of drug-likeness (QED) is 0.373. The van der Waals surface area contributed by atoms with Crippen molar-refractivity contribution in [3.8, 4) is 0 Å². The smallest absolute Gasteiger partial charge is 0.339 e. The van der Waals surface area contributed by atoms with Gasteiger partial charge in [0.15, 0.2) is 5.11 Å². The fraction of sp³-hybridized carbons (Fsp3) is 0.0625. The molecule has 128 valence electrons. The average molecular weight is 359 g/mol. The topological polar surface area (TPSA) is 111 Å². The molecule has 0 atom stereocenters. The van der Waals surface area contributed by atoms with Crippen LogP contribution in [0.5, 0.6) is 0 Å². The van der Waals surface area contributed by atoms with E-state index in [1.54, 1.807) is 18.2 Å². The summed E-state index contributed by atoms with van der Waals surface area (Å²) in [6, 6.07) is 11.9. The Kier molecular flexibility index (Phi) is 5.75. The molecule has 0 saturated carbocycles. The van der Waals surface area contributed by atoms with E-state index in [2.05, 4.69) is 15.4 Å². The number of benzene rings is 2. The fourth-order valence-corrected chi connectivity index (χ4v) is 2.23. The first kappa shape index (κ1) is 18.0. The zero-order valence-electron chi connectivity index (χ0n) is 13.0. The van der Waals surface area contributed by atoms with Crippen molar-refractivity contribution in [1.29, 1.82) is 0 Å². The summed E-state index contributed by atoms with van der Waals surface area (Å²) in [6.07, 6.45) is 0. The second-order valence-electron chi connectivity index (χ2n) is 4.72. The summed E-state index contributed by atoms with van der Waals surface area (Å²) in [5.41, 5.74) is 0.102. The maximum atomic E-state index is 12.2. The van der Waals surface area contributed by atoms with Crippen molar-refractivity contribution in [3.63, 3.8) is 0 Å². The van der Waals surface area contributed by atoms with Gasteiger partial charge in [0.25, 0.3) is 11.6 Å². The molecule has 8 nitrogen and oxygen atoms in total. The number of carbonyl (C=O) groups excluding carboxylic acids is 2. The molecule has 0 aliphatic carbocycles. The summed E-state index contributed by atoms with van der Waals surface area (Å²) in [7, 11) is 1.24. The number of thiocarbonyl (C=S) groups is 1. The first-order chi connectivity index (χ1) is 11.9. The van der Waals surface area contributed by atoms with Gasteiger partial charge in [-0.1, -0.05) is 24.3 Å². The minimum absolute atomic E-state index is 0.112. The standard InChI is InChI=1S/C16H13N3O5S/c1-24-15(21)10-6-2-4-8-12(10)17-16(25)18-14(20)11-7-3-5-9-13(11)19(22)23/h2-9H,1H3,(H2,17,18,20,25). The monoisotopic (exact) mass is 359 g/mol. The lowest BCUT2D eigenvalue weighted by Gasteiger charge is -2.12. The molecule has 0 aliphatic heterocycles. The van der Waals surface area contributed by atoms with E-state index < -0.39 is 16.8 Å². The number of esters is 1. The van der Waals surface area contributed by atoms with Gasteiger partial charge in [-0.25, -0.2) is 4.79 Å². The molecule has 2 aromatic rings. The van der Waals surface area contributed by atoms with E-state index in [9.17, 15) is 19.7 Å². The molecule has 2 rings (SSSR count). The number of amides is 1. The molecular formula is C16H13N3O5S. The number of hydrogen-bond donors (Lipinski definition) is 2. The molecule has 25 heavy (non-hydrogen) atoms. The van der Waals surface area contributed by atoms with Crippen molar-refractivity contribution < 1.29 is 19.2 Å². The highest BCUT2D eigenvalue weighted by Gasteiger charge is 2.20. The van der Waals surface area contributed by atoms with E-state index in [0.717, 1.165) is 0 Å². The second kappa shape index (κ2) is 7.97. The summed E-state index contributed by atoms with van der Waals surface area (Å²) >= 11 is 5.04. The van der Waals surface area contributed by atoms with Crippen LogP contribution in [0.15, 0.2) is 48.5 Å². The predicted octanol–water partition coefficient (Wildman–Crippen LogP) is 2.51. The van der Waals surface area contributed by atoms with Gasteiger partial charge < -0.3 is 10.1 Å². The number of ether oxygens (including phenoxy) is 1. The van der Waals surface area contributed by atoms with Crippen LogP contribution in [0.25, 0.3) is 0 Å². The molecule has 0 spiro atoms. The van der Waals surface area contributed by atoms with Crippen LogP contribution in [0, 0.1) is 10.1 Å². The molecule has 0 aliphatic rings. The Hall–Kier alpha value is -3.33. The van der Waals surface area contributed by atoms with Gasteiger partial charge in [0.2, 0.25) is 0 Å². The van der Waals surface area contributed by atoms with E-state index in [0.29, 0.717) is 5.69 Å². The number of nitrogens with one attached hydrogen (secondary N) is 2. The van der Waals surface area contributed by atoms with E-state index in [1.165, 1.54) is 37.4 Å². The highest BCUT2D eigenvalue weighted by molar-refractivity contribution is 7.80. The van der Waals surface area contributed by atoms with Crippen LogP contribution in [0.1, 0.15) is 20.7 Å². The van der Waals surface area contributed by atoms with Crippen molar-refractivity contribution in [2.45, 2.75) is 0 Å². The Morgan fingerprint density at radius 3 is 2.32 bits per heavy atom. The van der Waals surface area contributed by atoms with Gasteiger partial charge in [-0.15, -0.1) is 0 Å². The van der Waals surface area contributed by atoms with Crippen molar-refractivity contribution in [3.05, 3.63) is 69.8 Å². The normalized spacial score (nSPS) is 9.80. The van der Waals surface area contributed by atoms with Crippen molar-refractivity contribution >= 4 is 40.6 Å². The lowest BCUT2D eigenvalue weighted by atomic mass is 10.1. The molecular weight excluding hydrogens is 346 g/mol. The number of anilines is 1. The predicted molar refractivity (Wildman–Crippen MR) is 94.6 cm³/mol.